The standard InChI is InChI=1S/C20H16N2O3S/c23-19-9-4-12-22(19)14-5-3-6-15(13-14)25-20(24)11-10-18-21-16-7-1-2-8-17(16)26-18/h1-3,5-8,10-11,13H,4,9,12H2. The smallest absolute Gasteiger partial charge is 0.336 e. The Labute approximate surface area is 154 Å². The van der Waals surface area contributed by atoms with Gasteiger partial charge in [0.1, 0.15) is 10.8 Å². The van der Waals surface area contributed by atoms with E-state index in [1.54, 1.807) is 29.2 Å². The van der Waals surface area contributed by atoms with Crippen LogP contribution in [0, 0.1) is 0 Å². The van der Waals surface area contributed by atoms with Gasteiger partial charge >= 0.3 is 5.97 Å². The maximum Gasteiger partial charge on any atom is 0.336 e. The maximum absolute atomic E-state index is 12.1. The number of thiazole rings is 1. The number of carbonyl (C=O) groups is 2. The van der Waals surface area contributed by atoms with E-state index in [1.807, 2.05) is 30.3 Å². The highest BCUT2D eigenvalue weighted by Gasteiger charge is 2.21. The van der Waals surface area contributed by atoms with Crippen molar-refractivity contribution >= 4 is 45.2 Å². The van der Waals surface area contributed by atoms with E-state index in [-0.39, 0.29) is 5.91 Å². The summed E-state index contributed by atoms with van der Waals surface area (Å²) in [6.45, 7) is 0.702. The second-order valence-corrected chi connectivity index (χ2v) is 6.98. The number of amides is 1. The predicted octanol–water partition coefficient (Wildman–Crippen LogP) is 4.04. The first kappa shape index (κ1) is 16.5. The Balaban J connectivity index is 1.45. The van der Waals surface area contributed by atoms with Crippen molar-refractivity contribution < 1.29 is 14.3 Å². The van der Waals surface area contributed by atoms with Crippen molar-refractivity contribution in [2.75, 3.05) is 11.4 Å². The van der Waals surface area contributed by atoms with Crippen LogP contribution in [0.5, 0.6) is 5.75 Å². The van der Waals surface area contributed by atoms with Crippen LogP contribution in [0.1, 0.15) is 17.8 Å². The normalized spacial score (nSPS) is 14.5. The van der Waals surface area contributed by atoms with E-state index in [2.05, 4.69) is 4.98 Å². The number of esters is 1. The zero-order chi connectivity index (χ0) is 17.9. The topological polar surface area (TPSA) is 59.5 Å². The zero-order valence-electron chi connectivity index (χ0n) is 13.9. The van der Waals surface area contributed by atoms with E-state index < -0.39 is 5.97 Å². The van der Waals surface area contributed by atoms with Gasteiger partial charge in [0.15, 0.2) is 0 Å². The molecule has 0 saturated carbocycles. The van der Waals surface area contributed by atoms with Crippen molar-refractivity contribution in [2.45, 2.75) is 12.8 Å². The quantitative estimate of drug-likeness (QED) is 0.398. The first-order chi connectivity index (χ1) is 12.7. The van der Waals surface area contributed by atoms with Gasteiger partial charge in [-0.05, 0) is 36.8 Å². The van der Waals surface area contributed by atoms with Gasteiger partial charge in [0.05, 0.1) is 10.2 Å². The summed E-state index contributed by atoms with van der Waals surface area (Å²) in [6, 6.07) is 14.9. The van der Waals surface area contributed by atoms with Gasteiger partial charge < -0.3 is 9.64 Å². The summed E-state index contributed by atoms with van der Waals surface area (Å²) >= 11 is 1.52. The molecule has 0 spiro atoms. The Kier molecular flexibility index (Phi) is 4.50. The summed E-state index contributed by atoms with van der Waals surface area (Å²) in [7, 11) is 0. The fourth-order valence-corrected chi connectivity index (χ4v) is 3.76. The van der Waals surface area contributed by atoms with E-state index >= 15 is 0 Å². The van der Waals surface area contributed by atoms with Crippen LogP contribution in [-0.4, -0.2) is 23.4 Å². The van der Waals surface area contributed by atoms with Gasteiger partial charge in [-0.2, -0.15) is 0 Å². The minimum atomic E-state index is -0.478. The number of para-hydroxylation sites is 1. The van der Waals surface area contributed by atoms with Crippen molar-refractivity contribution in [1.82, 2.24) is 4.98 Å². The number of nitrogens with zero attached hydrogens (tertiary/aromatic N) is 2. The Bertz CT molecular complexity index is 976. The molecule has 1 fully saturated rings. The highest BCUT2D eigenvalue weighted by atomic mass is 32.1. The molecule has 0 radical (unpaired) electrons. The third-order valence-electron chi connectivity index (χ3n) is 4.09. The molecule has 0 unspecified atom stereocenters. The third-order valence-corrected chi connectivity index (χ3v) is 5.10. The third kappa shape index (κ3) is 3.50. The van der Waals surface area contributed by atoms with Crippen molar-refractivity contribution in [2.24, 2.45) is 0 Å². The predicted molar refractivity (Wildman–Crippen MR) is 102 cm³/mol. The summed E-state index contributed by atoms with van der Waals surface area (Å²) in [4.78, 5) is 30.1. The van der Waals surface area contributed by atoms with Gasteiger partial charge in [-0.15, -0.1) is 11.3 Å². The Morgan fingerprint density at radius 3 is 2.88 bits per heavy atom. The number of carbonyl (C=O) groups excluding carboxylic acids is 2. The lowest BCUT2D eigenvalue weighted by Gasteiger charge is -2.16. The first-order valence-electron chi connectivity index (χ1n) is 8.35. The minimum Gasteiger partial charge on any atom is -0.423 e. The number of fused-ring (bicyclic) bond motifs is 1. The second kappa shape index (κ2) is 7.09. The van der Waals surface area contributed by atoms with Crippen LogP contribution < -0.4 is 9.64 Å². The van der Waals surface area contributed by atoms with Crippen molar-refractivity contribution in [1.29, 1.82) is 0 Å². The molecule has 0 atom stereocenters. The van der Waals surface area contributed by atoms with Crippen LogP contribution in [-0.2, 0) is 9.59 Å². The number of benzene rings is 2. The molecule has 1 saturated heterocycles. The molecular formula is C20H16N2O3S. The van der Waals surface area contributed by atoms with E-state index in [9.17, 15) is 9.59 Å². The number of ether oxygens (including phenoxy) is 1. The van der Waals surface area contributed by atoms with Crippen molar-refractivity contribution in [3.8, 4) is 5.75 Å². The molecular weight excluding hydrogens is 348 g/mol. The van der Waals surface area contributed by atoms with Gasteiger partial charge in [0, 0.05) is 30.8 Å². The van der Waals surface area contributed by atoms with E-state index in [1.165, 1.54) is 17.4 Å². The number of anilines is 1. The first-order valence-corrected chi connectivity index (χ1v) is 9.16. The Morgan fingerprint density at radius 2 is 2.08 bits per heavy atom. The van der Waals surface area contributed by atoms with Crippen LogP contribution in [0.15, 0.2) is 54.6 Å². The molecule has 130 valence electrons. The number of hydrogen-bond acceptors (Lipinski definition) is 5. The highest BCUT2D eigenvalue weighted by molar-refractivity contribution is 7.19. The minimum absolute atomic E-state index is 0.101. The molecule has 4 rings (SSSR count). The molecule has 2 aromatic carbocycles. The monoisotopic (exact) mass is 364 g/mol. The molecule has 0 aliphatic carbocycles. The highest BCUT2D eigenvalue weighted by Crippen LogP contribution is 2.26. The lowest BCUT2D eigenvalue weighted by Crippen LogP contribution is -2.23. The number of aromatic nitrogens is 1. The molecule has 0 N–H and O–H groups in total. The summed E-state index contributed by atoms with van der Waals surface area (Å²) in [6.07, 6.45) is 4.44. The molecule has 0 bridgehead atoms. The maximum atomic E-state index is 12.1. The van der Waals surface area contributed by atoms with Gasteiger partial charge in [0.25, 0.3) is 0 Å². The molecule has 2 heterocycles. The fourth-order valence-electron chi connectivity index (χ4n) is 2.89. The summed E-state index contributed by atoms with van der Waals surface area (Å²) in [5, 5.41) is 0.750. The lowest BCUT2D eigenvalue weighted by molar-refractivity contribution is -0.128. The molecule has 26 heavy (non-hydrogen) atoms. The van der Waals surface area contributed by atoms with Gasteiger partial charge in [-0.3, -0.25) is 4.79 Å². The molecule has 1 aliphatic rings. The van der Waals surface area contributed by atoms with Crippen LogP contribution in [0.2, 0.25) is 0 Å². The van der Waals surface area contributed by atoms with Gasteiger partial charge in [-0.25, -0.2) is 9.78 Å². The van der Waals surface area contributed by atoms with E-state index in [4.69, 9.17) is 4.74 Å². The summed E-state index contributed by atoms with van der Waals surface area (Å²) in [5.41, 5.74) is 1.67. The molecule has 5 nitrogen and oxygen atoms in total. The van der Waals surface area contributed by atoms with E-state index in [0.29, 0.717) is 18.7 Å². The molecule has 1 amide bonds. The van der Waals surface area contributed by atoms with Crippen molar-refractivity contribution in [3.63, 3.8) is 0 Å². The molecule has 1 aliphatic heterocycles. The largest absolute Gasteiger partial charge is 0.423 e. The lowest BCUT2D eigenvalue weighted by atomic mass is 10.3. The average molecular weight is 364 g/mol. The number of rotatable bonds is 4. The van der Waals surface area contributed by atoms with Gasteiger partial charge in [0.2, 0.25) is 5.91 Å². The SMILES string of the molecule is O=C(C=Cc1nc2ccccc2s1)Oc1cccc(N2CCCC2=O)c1. The summed E-state index contributed by atoms with van der Waals surface area (Å²) < 4.78 is 6.43. The summed E-state index contributed by atoms with van der Waals surface area (Å²) in [5.74, 6) is 0.0412. The van der Waals surface area contributed by atoms with E-state index in [0.717, 1.165) is 27.3 Å². The zero-order valence-corrected chi connectivity index (χ0v) is 14.7. The number of hydrogen-bond donors (Lipinski definition) is 0. The van der Waals surface area contributed by atoms with Crippen LogP contribution in [0.25, 0.3) is 16.3 Å². The van der Waals surface area contributed by atoms with Crippen LogP contribution in [0.4, 0.5) is 5.69 Å². The average Bonchev–Trinajstić information content (AvgIpc) is 3.25. The Hall–Kier alpha value is -2.99. The van der Waals surface area contributed by atoms with Crippen molar-refractivity contribution in [3.05, 3.63) is 59.6 Å². The van der Waals surface area contributed by atoms with Crippen LogP contribution in [0.3, 0.4) is 0 Å². The molecule has 3 aromatic rings. The molecule has 1 aromatic heterocycles. The second-order valence-electron chi connectivity index (χ2n) is 5.92. The van der Waals surface area contributed by atoms with Gasteiger partial charge in [-0.1, -0.05) is 18.2 Å². The fraction of sp³-hybridized carbons (Fsp3) is 0.150. The van der Waals surface area contributed by atoms with Crippen LogP contribution >= 0.6 is 11.3 Å². The molecule has 6 heteroatoms. The Morgan fingerprint density at radius 1 is 1.19 bits per heavy atom.